The fourth-order valence-electron chi connectivity index (χ4n) is 3.11. The van der Waals surface area contributed by atoms with E-state index in [0.717, 1.165) is 12.8 Å². The predicted octanol–water partition coefficient (Wildman–Crippen LogP) is 3.52. The summed E-state index contributed by atoms with van der Waals surface area (Å²) in [5.74, 6) is 0.366. The van der Waals surface area contributed by atoms with Gasteiger partial charge in [-0.3, -0.25) is 9.59 Å². The van der Waals surface area contributed by atoms with E-state index < -0.39 is 12.1 Å². The third kappa shape index (κ3) is 6.24. The van der Waals surface area contributed by atoms with Crippen LogP contribution < -0.4 is 10.1 Å². The number of hydrogen-bond donors (Lipinski definition) is 1. The first-order chi connectivity index (χ1) is 12.0. The van der Waals surface area contributed by atoms with E-state index in [1.165, 1.54) is 26.4 Å². The van der Waals surface area contributed by atoms with Crippen LogP contribution in [0.1, 0.15) is 44.6 Å². The SMILES string of the molecule is COc1ccc(Cl)cc1CC(=O)O[C@H](C)C(=O)NCC1CCCCC1. The average molecular weight is 368 g/mol. The normalized spacial score (nSPS) is 16.1. The van der Waals surface area contributed by atoms with Crippen LogP contribution >= 0.6 is 11.6 Å². The van der Waals surface area contributed by atoms with Crippen molar-refractivity contribution in [2.75, 3.05) is 13.7 Å². The molecule has 25 heavy (non-hydrogen) atoms. The standard InChI is InChI=1S/C19H26ClNO4/c1-13(19(23)21-12-14-6-4-3-5-7-14)25-18(22)11-15-10-16(20)8-9-17(15)24-2/h8-10,13-14H,3-7,11-12H2,1-2H3,(H,21,23)/t13-/m1/s1. The van der Waals surface area contributed by atoms with E-state index in [2.05, 4.69) is 5.32 Å². The van der Waals surface area contributed by atoms with Crippen LogP contribution in [0, 0.1) is 5.92 Å². The van der Waals surface area contributed by atoms with E-state index in [-0.39, 0.29) is 12.3 Å². The van der Waals surface area contributed by atoms with E-state index in [1.807, 2.05) is 0 Å². The number of halogens is 1. The largest absolute Gasteiger partial charge is 0.496 e. The smallest absolute Gasteiger partial charge is 0.311 e. The van der Waals surface area contributed by atoms with Crippen molar-refractivity contribution in [2.24, 2.45) is 5.92 Å². The van der Waals surface area contributed by atoms with Crippen LogP contribution in [-0.4, -0.2) is 31.6 Å². The monoisotopic (exact) mass is 367 g/mol. The third-order valence-electron chi connectivity index (χ3n) is 4.54. The van der Waals surface area contributed by atoms with Gasteiger partial charge >= 0.3 is 5.97 Å². The minimum atomic E-state index is -0.818. The highest BCUT2D eigenvalue weighted by Gasteiger charge is 2.21. The lowest BCUT2D eigenvalue weighted by Gasteiger charge is -2.22. The molecule has 0 aliphatic heterocycles. The van der Waals surface area contributed by atoms with E-state index in [9.17, 15) is 9.59 Å². The molecular weight excluding hydrogens is 342 g/mol. The van der Waals surface area contributed by atoms with Crippen molar-refractivity contribution in [3.8, 4) is 5.75 Å². The zero-order valence-electron chi connectivity index (χ0n) is 14.8. The van der Waals surface area contributed by atoms with Gasteiger partial charge in [0.05, 0.1) is 13.5 Å². The molecule has 1 saturated carbocycles. The molecule has 0 saturated heterocycles. The first-order valence-electron chi connectivity index (χ1n) is 8.79. The second-order valence-electron chi connectivity index (χ2n) is 6.51. The fraction of sp³-hybridized carbons (Fsp3) is 0.579. The summed E-state index contributed by atoms with van der Waals surface area (Å²) in [6.07, 6.45) is 5.24. The number of methoxy groups -OCH3 is 1. The molecule has 138 valence electrons. The average Bonchev–Trinajstić information content (AvgIpc) is 2.60. The Morgan fingerprint density at radius 2 is 2.00 bits per heavy atom. The summed E-state index contributed by atoms with van der Waals surface area (Å²) in [6, 6.07) is 5.05. The van der Waals surface area contributed by atoms with Gasteiger partial charge in [0.1, 0.15) is 5.75 Å². The Kier molecular flexibility index (Phi) is 7.56. The molecule has 0 aromatic heterocycles. The molecule has 0 unspecified atom stereocenters. The Hall–Kier alpha value is -1.75. The number of carbonyl (C=O) groups excluding carboxylic acids is 2. The lowest BCUT2D eigenvalue weighted by atomic mass is 9.89. The maximum Gasteiger partial charge on any atom is 0.311 e. The van der Waals surface area contributed by atoms with Crippen LogP contribution in [0.15, 0.2) is 18.2 Å². The van der Waals surface area contributed by atoms with Crippen molar-refractivity contribution >= 4 is 23.5 Å². The highest BCUT2D eigenvalue weighted by molar-refractivity contribution is 6.30. The molecule has 1 N–H and O–H groups in total. The van der Waals surface area contributed by atoms with Gasteiger partial charge in [-0.1, -0.05) is 30.9 Å². The molecule has 1 atom stereocenters. The van der Waals surface area contributed by atoms with E-state index in [0.29, 0.717) is 28.8 Å². The number of amides is 1. The molecule has 0 heterocycles. The molecule has 6 heteroatoms. The Morgan fingerprint density at radius 1 is 1.28 bits per heavy atom. The van der Waals surface area contributed by atoms with Gasteiger partial charge in [0.2, 0.25) is 0 Å². The maximum atomic E-state index is 12.1. The second-order valence-corrected chi connectivity index (χ2v) is 6.95. The number of hydrogen-bond acceptors (Lipinski definition) is 4. The van der Waals surface area contributed by atoms with Crippen LogP contribution in [-0.2, 0) is 20.7 Å². The molecule has 0 bridgehead atoms. The highest BCUT2D eigenvalue weighted by Crippen LogP contribution is 2.24. The molecule has 1 aliphatic rings. The highest BCUT2D eigenvalue weighted by atomic mass is 35.5. The van der Waals surface area contributed by atoms with Crippen molar-refractivity contribution in [1.82, 2.24) is 5.32 Å². The van der Waals surface area contributed by atoms with E-state index >= 15 is 0 Å². The van der Waals surface area contributed by atoms with Crippen molar-refractivity contribution in [3.63, 3.8) is 0 Å². The molecule has 1 aromatic rings. The summed E-state index contributed by atoms with van der Waals surface area (Å²) in [5, 5.41) is 3.41. The molecule has 1 aromatic carbocycles. The van der Waals surface area contributed by atoms with Crippen molar-refractivity contribution in [2.45, 2.75) is 51.6 Å². The van der Waals surface area contributed by atoms with Gasteiger partial charge < -0.3 is 14.8 Å². The first kappa shape index (κ1) is 19.6. The van der Waals surface area contributed by atoms with Crippen LogP contribution in [0.2, 0.25) is 5.02 Å². The Morgan fingerprint density at radius 3 is 2.68 bits per heavy atom. The zero-order chi connectivity index (χ0) is 18.2. The molecule has 2 rings (SSSR count). The number of ether oxygens (including phenoxy) is 2. The molecule has 1 aliphatic carbocycles. The molecular formula is C19H26ClNO4. The van der Waals surface area contributed by atoms with Crippen LogP contribution in [0.4, 0.5) is 0 Å². The summed E-state index contributed by atoms with van der Waals surface area (Å²) in [4.78, 5) is 24.2. The van der Waals surface area contributed by atoms with Gasteiger partial charge in [0.25, 0.3) is 5.91 Å². The number of carbonyl (C=O) groups is 2. The van der Waals surface area contributed by atoms with Gasteiger partial charge in [-0.2, -0.15) is 0 Å². The third-order valence-corrected chi connectivity index (χ3v) is 4.78. The molecule has 1 amide bonds. The topological polar surface area (TPSA) is 64.6 Å². The Labute approximate surface area is 154 Å². The number of nitrogens with one attached hydrogen (secondary N) is 1. The minimum absolute atomic E-state index is 0.00395. The zero-order valence-corrected chi connectivity index (χ0v) is 15.6. The predicted molar refractivity (Wildman–Crippen MR) is 96.8 cm³/mol. The maximum absolute atomic E-state index is 12.1. The van der Waals surface area contributed by atoms with E-state index in [4.69, 9.17) is 21.1 Å². The van der Waals surface area contributed by atoms with Gasteiger partial charge in [0.15, 0.2) is 6.10 Å². The van der Waals surface area contributed by atoms with Gasteiger partial charge in [-0.05, 0) is 43.9 Å². The molecule has 0 spiro atoms. The number of benzene rings is 1. The van der Waals surface area contributed by atoms with Crippen molar-refractivity contribution in [1.29, 1.82) is 0 Å². The Balaban J connectivity index is 1.80. The van der Waals surface area contributed by atoms with Gasteiger partial charge in [-0.25, -0.2) is 0 Å². The molecule has 0 radical (unpaired) electrons. The first-order valence-corrected chi connectivity index (χ1v) is 9.17. The molecule has 5 nitrogen and oxygen atoms in total. The summed E-state index contributed by atoms with van der Waals surface area (Å²) >= 11 is 5.96. The van der Waals surface area contributed by atoms with E-state index in [1.54, 1.807) is 25.1 Å². The summed E-state index contributed by atoms with van der Waals surface area (Å²) in [7, 11) is 1.53. The Bertz CT molecular complexity index is 599. The summed E-state index contributed by atoms with van der Waals surface area (Å²) in [5.41, 5.74) is 0.634. The lowest BCUT2D eigenvalue weighted by molar-refractivity contribution is -0.154. The quantitative estimate of drug-likeness (QED) is 0.749. The summed E-state index contributed by atoms with van der Waals surface area (Å²) in [6.45, 7) is 2.24. The second kappa shape index (κ2) is 9.66. The van der Waals surface area contributed by atoms with Gasteiger partial charge in [0, 0.05) is 17.1 Å². The summed E-state index contributed by atoms with van der Waals surface area (Å²) < 4.78 is 10.5. The molecule has 1 fully saturated rings. The van der Waals surface area contributed by atoms with Crippen LogP contribution in [0.25, 0.3) is 0 Å². The van der Waals surface area contributed by atoms with Crippen LogP contribution in [0.5, 0.6) is 5.75 Å². The fourth-order valence-corrected chi connectivity index (χ4v) is 3.31. The van der Waals surface area contributed by atoms with Crippen LogP contribution in [0.3, 0.4) is 0 Å². The van der Waals surface area contributed by atoms with Gasteiger partial charge in [-0.15, -0.1) is 0 Å². The minimum Gasteiger partial charge on any atom is -0.496 e. The lowest BCUT2D eigenvalue weighted by Crippen LogP contribution is -2.39. The van der Waals surface area contributed by atoms with Crippen molar-refractivity contribution < 1.29 is 19.1 Å². The van der Waals surface area contributed by atoms with Crippen molar-refractivity contribution in [3.05, 3.63) is 28.8 Å². The number of rotatable bonds is 7. The number of esters is 1.